The van der Waals surface area contributed by atoms with Crippen LogP contribution in [0.5, 0.6) is 0 Å². The molecule has 2 heterocycles. The average molecular weight is 380 g/mol. The minimum Gasteiger partial charge on any atom is -0.371 e. The number of fused-ring (bicyclic) bond motifs is 1. The number of morpholine rings is 1. The first kappa shape index (κ1) is 19.1. The zero-order valence-electron chi connectivity index (χ0n) is 16.3. The van der Waals surface area contributed by atoms with Crippen molar-refractivity contribution in [3.63, 3.8) is 0 Å². The van der Waals surface area contributed by atoms with Gasteiger partial charge in [0.05, 0.1) is 12.7 Å². The number of anilines is 1. The molecule has 1 atom stereocenters. The fourth-order valence-corrected chi connectivity index (χ4v) is 3.94. The van der Waals surface area contributed by atoms with Gasteiger partial charge in [-0.2, -0.15) is 0 Å². The van der Waals surface area contributed by atoms with E-state index in [-0.39, 0.29) is 11.5 Å². The number of rotatable bonds is 3. The Bertz CT molecular complexity index is 887. The smallest absolute Gasteiger partial charge is 0.194 e. The van der Waals surface area contributed by atoms with Crippen LogP contribution in [-0.4, -0.2) is 39.3 Å². The number of hydrogen-bond acceptors (Lipinski definition) is 5. The Hall–Kier alpha value is -2.21. The van der Waals surface area contributed by atoms with Gasteiger partial charge in [-0.3, -0.25) is 4.79 Å². The molecule has 5 nitrogen and oxygen atoms in total. The highest BCUT2D eigenvalue weighted by Gasteiger charge is 2.20. The van der Waals surface area contributed by atoms with Crippen molar-refractivity contribution in [3.8, 4) is 0 Å². The molecule has 3 aromatic carbocycles. The number of ether oxygens (including phenoxy) is 1. The molecule has 28 heavy (non-hydrogen) atoms. The number of nitrogens with two attached hydrogens (primary N) is 1. The van der Waals surface area contributed by atoms with Crippen molar-refractivity contribution < 1.29 is 4.74 Å². The van der Waals surface area contributed by atoms with Gasteiger partial charge >= 0.3 is 0 Å². The Balaban J connectivity index is 0.000000143. The lowest BCUT2D eigenvalue weighted by molar-refractivity contribution is 0.0277. The highest BCUT2D eigenvalue weighted by Crippen LogP contribution is 2.26. The van der Waals surface area contributed by atoms with E-state index in [4.69, 9.17) is 10.5 Å². The Labute approximate surface area is 166 Å². The Kier molecular flexibility index (Phi) is 6.05. The first-order valence-corrected chi connectivity index (χ1v) is 10.3. The molecule has 3 aromatic rings. The summed E-state index contributed by atoms with van der Waals surface area (Å²) in [5.74, 6) is 0.682. The summed E-state index contributed by atoms with van der Waals surface area (Å²) in [7, 11) is 0. The number of nitrogens with one attached hydrogen (secondary N) is 1. The van der Waals surface area contributed by atoms with Crippen LogP contribution in [0.4, 0.5) is 5.69 Å². The molecule has 1 unspecified atom stereocenters. The van der Waals surface area contributed by atoms with Crippen LogP contribution in [0.2, 0.25) is 0 Å². The van der Waals surface area contributed by atoms with Crippen molar-refractivity contribution in [1.82, 2.24) is 5.32 Å². The molecule has 3 N–H and O–H groups in total. The van der Waals surface area contributed by atoms with E-state index in [0.717, 1.165) is 50.1 Å². The third-order valence-corrected chi connectivity index (χ3v) is 5.84. The molecule has 2 aliphatic rings. The van der Waals surface area contributed by atoms with E-state index in [1.807, 2.05) is 30.3 Å². The van der Waals surface area contributed by atoms with E-state index in [9.17, 15) is 4.79 Å². The van der Waals surface area contributed by atoms with Gasteiger partial charge in [-0.15, -0.1) is 0 Å². The maximum atomic E-state index is 11.2. The summed E-state index contributed by atoms with van der Waals surface area (Å²) in [5, 5.41) is 5.13. The fraction of sp³-hybridized carbons (Fsp3) is 0.435. The monoisotopic (exact) mass is 379 g/mol. The Morgan fingerprint density at radius 1 is 1.07 bits per heavy atom. The molecular weight excluding hydrogens is 350 g/mol. The van der Waals surface area contributed by atoms with Gasteiger partial charge in [0.25, 0.3) is 0 Å². The lowest BCUT2D eigenvalue weighted by atomic mass is 9.97. The van der Waals surface area contributed by atoms with Crippen LogP contribution < -0.4 is 21.4 Å². The molecule has 0 spiro atoms. The van der Waals surface area contributed by atoms with E-state index in [0.29, 0.717) is 5.92 Å². The third-order valence-electron chi connectivity index (χ3n) is 5.84. The second-order valence-corrected chi connectivity index (χ2v) is 7.70. The minimum atomic E-state index is 0.225. The summed E-state index contributed by atoms with van der Waals surface area (Å²) in [6.07, 6.45) is 2.59. The van der Waals surface area contributed by atoms with Crippen molar-refractivity contribution in [2.45, 2.75) is 18.9 Å². The second-order valence-electron chi connectivity index (χ2n) is 7.70. The molecule has 5 heteroatoms. The minimum absolute atomic E-state index is 0.225. The zero-order valence-corrected chi connectivity index (χ0v) is 16.3. The summed E-state index contributed by atoms with van der Waals surface area (Å²) in [6.45, 7) is 5.66. The van der Waals surface area contributed by atoms with Crippen molar-refractivity contribution in [3.05, 3.63) is 64.3 Å². The zero-order chi connectivity index (χ0) is 19.3. The van der Waals surface area contributed by atoms with Gasteiger partial charge in [0, 0.05) is 42.6 Å². The van der Waals surface area contributed by atoms with Crippen LogP contribution in [0.1, 0.15) is 24.5 Å². The molecule has 148 valence electrons. The summed E-state index contributed by atoms with van der Waals surface area (Å²) in [5.41, 5.74) is 8.36. The van der Waals surface area contributed by atoms with Gasteiger partial charge in [-0.1, -0.05) is 30.3 Å². The van der Waals surface area contributed by atoms with E-state index < -0.39 is 0 Å². The first-order chi connectivity index (χ1) is 13.8. The fourth-order valence-electron chi connectivity index (χ4n) is 3.94. The predicted molar refractivity (Wildman–Crippen MR) is 115 cm³/mol. The molecule has 0 saturated carbocycles. The number of benzene rings is 2. The predicted octanol–water partition coefficient (Wildman–Crippen LogP) is 2.60. The van der Waals surface area contributed by atoms with Crippen LogP contribution in [0.25, 0.3) is 10.8 Å². The van der Waals surface area contributed by atoms with E-state index >= 15 is 0 Å². The van der Waals surface area contributed by atoms with Gasteiger partial charge in [-0.05, 0) is 49.1 Å². The lowest BCUT2D eigenvalue weighted by Crippen LogP contribution is -2.35. The van der Waals surface area contributed by atoms with Crippen LogP contribution >= 0.6 is 0 Å². The quantitative estimate of drug-likeness (QED) is 0.732. The van der Waals surface area contributed by atoms with E-state index in [2.05, 4.69) is 28.4 Å². The van der Waals surface area contributed by atoms with Gasteiger partial charge < -0.3 is 20.7 Å². The van der Waals surface area contributed by atoms with Gasteiger partial charge in [0.2, 0.25) is 0 Å². The maximum Gasteiger partial charge on any atom is 0.194 e. The molecule has 0 aliphatic carbocycles. The molecule has 2 aliphatic heterocycles. The van der Waals surface area contributed by atoms with E-state index in [1.165, 1.54) is 24.1 Å². The molecule has 2 saturated heterocycles. The van der Waals surface area contributed by atoms with Gasteiger partial charge in [0.1, 0.15) is 0 Å². The molecule has 0 aromatic heterocycles. The molecule has 0 radical (unpaired) electrons. The van der Waals surface area contributed by atoms with Gasteiger partial charge in [0.15, 0.2) is 5.43 Å². The van der Waals surface area contributed by atoms with Crippen LogP contribution in [-0.2, 0) is 4.74 Å². The molecular formula is C23H29N3O2. The summed E-state index contributed by atoms with van der Waals surface area (Å²) in [4.78, 5) is 13.6. The number of hydrogen-bond donors (Lipinski definition) is 2. The SMILES string of the molecule is NCC1CCN(c2ccc3c(=O)c3c2)CC1.c1ccc(C2CNCCO2)cc1. The van der Waals surface area contributed by atoms with Crippen molar-refractivity contribution >= 4 is 16.5 Å². The van der Waals surface area contributed by atoms with E-state index in [1.54, 1.807) is 0 Å². The van der Waals surface area contributed by atoms with Crippen LogP contribution in [0, 0.1) is 5.92 Å². The lowest BCUT2D eigenvalue weighted by Gasteiger charge is -2.32. The highest BCUT2D eigenvalue weighted by atomic mass is 16.5. The number of piperidine rings is 1. The molecule has 5 rings (SSSR count). The Morgan fingerprint density at radius 3 is 2.50 bits per heavy atom. The summed E-state index contributed by atoms with van der Waals surface area (Å²) < 4.78 is 5.60. The normalized spacial score (nSPS) is 20.9. The summed E-state index contributed by atoms with van der Waals surface area (Å²) >= 11 is 0. The first-order valence-electron chi connectivity index (χ1n) is 10.3. The molecule has 2 fully saturated rings. The molecule has 0 amide bonds. The highest BCUT2D eigenvalue weighted by molar-refractivity contribution is 5.99. The Morgan fingerprint density at radius 2 is 1.86 bits per heavy atom. The topological polar surface area (TPSA) is 67.6 Å². The van der Waals surface area contributed by atoms with Gasteiger partial charge in [-0.25, -0.2) is 0 Å². The second kappa shape index (κ2) is 8.86. The van der Waals surface area contributed by atoms with Crippen molar-refractivity contribution in [2.75, 3.05) is 44.2 Å². The molecule has 0 bridgehead atoms. The standard InChI is InChI=1S/C13H16N2O.C10H13NO/c14-8-9-3-5-15(6-4-9)10-1-2-11-12(7-10)13(11)16;1-2-4-9(5-3-1)10-8-11-6-7-12-10/h1-2,7,9H,3-6,8,14H2;1-5,10-11H,6-8H2. The third kappa shape index (κ3) is 4.43. The number of nitrogens with zero attached hydrogens (tertiary/aromatic N) is 1. The van der Waals surface area contributed by atoms with Crippen molar-refractivity contribution in [1.29, 1.82) is 0 Å². The maximum absolute atomic E-state index is 11.2. The average Bonchev–Trinajstić information content (AvgIpc) is 3.44. The largest absolute Gasteiger partial charge is 0.371 e. The summed E-state index contributed by atoms with van der Waals surface area (Å²) in [6, 6.07) is 16.4. The van der Waals surface area contributed by atoms with Crippen LogP contribution in [0.3, 0.4) is 0 Å². The van der Waals surface area contributed by atoms with Crippen LogP contribution in [0.15, 0.2) is 53.3 Å². The van der Waals surface area contributed by atoms with Crippen molar-refractivity contribution in [2.24, 2.45) is 11.7 Å².